The van der Waals surface area contributed by atoms with E-state index in [1.807, 2.05) is 55.5 Å². The van der Waals surface area contributed by atoms with Crippen molar-refractivity contribution in [3.63, 3.8) is 0 Å². The minimum Gasteiger partial charge on any atom is -0.493 e. The van der Waals surface area contributed by atoms with Crippen LogP contribution in [-0.4, -0.2) is 7.11 Å². The third kappa shape index (κ3) is 2.99. The Morgan fingerprint density at radius 2 is 1.56 bits per heavy atom. The Morgan fingerprint density at radius 3 is 2.11 bits per heavy atom. The molecule has 2 nitrogen and oxygen atoms in total. The molecule has 0 bridgehead atoms. The number of methoxy groups -OCH3 is 1. The first-order valence-corrected chi connectivity index (χ1v) is 6.31. The van der Waals surface area contributed by atoms with Crippen molar-refractivity contribution >= 4 is 12.6 Å². The Labute approximate surface area is 113 Å². The summed E-state index contributed by atoms with van der Waals surface area (Å²) < 4.78 is 11.0. The average Bonchev–Trinajstić information content (AvgIpc) is 2.40. The van der Waals surface area contributed by atoms with E-state index >= 15 is 0 Å². The van der Waals surface area contributed by atoms with Gasteiger partial charge in [-0.2, -0.15) is 12.6 Å². The van der Waals surface area contributed by atoms with Crippen molar-refractivity contribution in [1.82, 2.24) is 0 Å². The van der Waals surface area contributed by atoms with Crippen molar-refractivity contribution in [2.75, 3.05) is 7.11 Å². The first-order chi connectivity index (χ1) is 8.70. The zero-order chi connectivity index (χ0) is 13.0. The monoisotopic (exact) mass is 260 g/mol. The van der Waals surface area contributed by atoms with Crippen molar-refractivity contribution in [2.45, 2.75) is 12.2 Å². The number of hydrogen-bond acceptors (Lipinski definition) is 3. The summed E-state index contributed by atoms with van der Waals surface area (Å²) in [6.45, 7) is 2.04. The summed E-state index contributed by atoms with van der Waals surface area (Å²) in [6.07, 6.45) is 0. The van der Waals surface area contributed by atoms with Gasteiger partial charge in [0.25, 0.3) is 0 Å². The van der Waals surface area contributed by atoms with E-state index < -0.39 is 0 Å². The summed E-state index contributed by atoms with van der Waals surface area (Å²) in [6, 6.07) is 15.5. The molecule has 0 fully saturated rings. The van der Waals surface area contributed by atoms with Crippen LogP contribution < -0.4 is 9.47 Å². The van der Waals surface area contributed by atoms with Crippen LogP contribution in [0.3, 0.4) is 0 Å². The van der Waals surface area contributed by atoms with E-state index in [-0.39, 0.29) is 5.25 Å². The maximum Gasteiger partial charge on any atom is 0.169 e. The van der Waals surface area contributed by atoms with Gasteiger partial charge >= 0.3 is 0 Å². The average molecular weight is 260 g/mol. The quantitative estimate of drug-likeness (QED) is 0.817. The van der Waals surface area contributed by atoms with E-state index in [9.17, 15) is 0 Å². The first kappa shape index (κ1) is 12.8. The molecule has 0 saturated carbocycles. The maximum atomic E-state index is 5.79. The Morgan fingerprint density at radius 1 is 0.944 bits per heavy atom. The van der Waals surface area contributed by atoms with Crippen LogP contribution in [0.15, 0.2) is 48.5 Å². The Kier molecular flexibility index (Phi) is 4.15. The molecule has 2 aromatic carbocycles. The van der Waals surface area contributed by atoms with Gasteiger partial charge in [0.1, 0.15) is 5.75 Å². The summed E-state index contributed by atoms with van der Waals surface area (Å²) in [5, 5.41) is 0.227. The predicted octanol–water partition coefficient (Wildman–Crippen LogP) is 4.48. The Balaban J connectivity index is 2.18. The van der Waals surface area contributed by atoms with Gasteiger partial charge < -0.3 is 9.47 Å². The van der Waals surface area contributed by atoms with Gasteiger partial charge in [0.05, 0.1) is 7.11 Å². The summed E-state index contributed by atoms with van der Waals surface area (Å²) in [7, 11) is 1.63. The number of para-hydroxylation sites is 2. The lowest BCUT2D eigenvalue weighted by Gasteiger charge is -2.11. The molecule has 1 unspecified atom stereocenters. The molecule has 0 spiro atoms. The molecule has 0 N–H and O–H groups in total. The van der Waals surface area contributed by atoms with Gasteiger partial charge in [-0.15, -0.1) is 0 Å². The standard InChI is InChI=1S/C15H16O2S/c1-11(18)12-7-9-13(10-8-12)17-15-6-4-3-5-14(15)16-2/h3-11,18H,1-2H3. The Hall–Kier alpha value is -1.61. The van der Waals surface area contributed by atoms with E-state index in [0.29, 0.717) is 5.75 Å². The third-order valence-corrected chi connectivity index (χ3v) is 2.96. The van der Waals surface area contributed by atoms with E-state index in [1.165, 1.54) is 5.56 Å². The van der Waals surface area contributed by atoms with Gasteiger partial charge in [0.15, 0.2) is 11.5 Å². The lowest BCUT2D eigenvalue weighted by atomic mass is 10.1. The van der Waals surface area contributed by atoms with Crippen LogP contribution in [0.1, 0.15) is 17.7 Å². The van der Waals surface area contributed by atoms with Crippen molar-refractivity contribution in [2.24, 2.45) is 0 Å². The number of rotatable bonds is 4. The number of ether oxygens (including phenoxy) is 2. The molecule has 0 aromatic heterocycles. The fourth-order valence-electron chi connectivity index (χ4n) is 1.64. The van der Waals surface area contributed by atoms with Crippen LogP contribution in [0, 0.1) is 0 Å². The number of hydrogen-bond donors (Lipinski definition) is 1. The number of thiol groups is 1. The van der Waals surface area contributed by atoms with Crippen LogP contribution in [0.2, 0.25) is 0 Å². The predicted molar refractivity (Wildman–Crippen MR) is 76.9 cm³/mol. The van der Waals surface area contributed by atoms with Crippen LogP contribution in [0.25, 0.3) is 0 Å². The van der Waals surface area contributed by atoms with Crippen LogP contribution in [0.5, 0.6) is 17.2 Å². The highest BCUT2D eigenvalue weighted by atomic mass is 32.1. The van der Waals surface area contributed by atoms with E-state index in [0.717, 1.165) is 11.5 Å². The molecule has 0 heterocycles. The molecule has 0 aliphatic carbocycles. The number of benzene rings is 2. The van der Waals surface area contributed by atoms with Gasteiger partial charge in [0.2, 0.25) is 0 Å². The second-order valence-corrected chi connectivity index (χ2v) is 4.77. The fourth-order valence-corrected chi connectivity index (χ4v) is 1.82. The highest BCUT2D eigenvalue weighted by Crippen LogP contribution is 2.31. The van der Waals surface area contributed by atoms with E-state index in [4.69, 9.17) is 9.47 Å². The Bertz CT molecular complexity index is 506. The fraction of sp³-hybridized carbons (Fsp3) is 0.200. The lowest BCUT2D eigenvalue weighted by molar-refractivity contribution is 0.379. The lowest BCUT2D eigenvalue weighted by Crippen LogP contribution is -1.90. The molecule has 3 heteroatoms. The smallest absolute Gasteiger partial charge is 0.169 e. The van der Waals surface area contributed by atoms with E-state index in [2.05, 4.69) is 12.6 Å². The summed E-state index contributed by atoms with van der Waals surface area (Å²) in [4.78, 5) is 0. The van der Waals surface area contributed by atoms with Gasteiger partial charge in [-0.25, -0.2) is 0 Å². The van der Waals surface area contributed by atoms with Crippen LogP contribution in [-0.2, 0) is 0 Å². The third-order valence-electron chi connectivity index (χ3n) is 2.66. The van der Waals surface area contributed by atoms with Crippen molar-refractivity contribution in [1.29, 1.82) is 0 Å². The minimum atomic E-state index is 0.227. The molecule has 0 amide bonds. The summed E-state index contributed by atoms with van der Waals surface area (Å²) in [5.74, 6) is 2.23. The zero-order valence-corrected chi connectivity index (χ0v) is 11.4. The molecule has 0 saturated heterocycles. The minimum absolute atomic E-state index is 0.227. The molecule has 94 valence electrons. The zero-order valence-electron chi connectivity index (χ0n) is 10.5. The summed E-state index contributed by atoms with van der Waals surface area (Å²) >= 11 is 4.39. The maximum absolute atomic E-state index is 5.79. The highest BCUT2D eigenvalue weighted by Gasteiger charge is 2.05. The normalized spacial score (nSPS) is 11.9. The molecular formula is C15H16O2S. The summed E-state index contributed by atoms with van der Waals surface area (Å²) in [5.41, 5.74) is 1.17. The molecule has 0 aliphatic heterocycles. The molecule has 2 aromatic rings. The van der Waals surface area contributed by atoms with Crippen LogP contribution >= 0.6 is 12.6 Å². The molecule has 2 rings (SSSR count). The molecular weight excluding hydrogens is 244 g/mol. The van der Waals surface area contributed by atoms with Crippen molar-refractivity contribution in [3.8, 4) is 17.2 Å². The van der Waals surface area contributed by atoms with Crippen molar-refractivity contribution < 1.29 is 9.47 Å². The second-order valence-electron chi connectivity index (χ2n) is 4.00. The van der Waals surface area contributed by atoms with Gasteiger partial charge in [-0.3, -0.25) is 0 Å². The topological polar surface area (TPSA) is 18.5 Å². The second kappa shape index (κ2) is 5.83. The molecule has 0 aliphatic rings. The van der Waals surface area contributed by atoms with E-state index in [1.54, 1.807) is 7.11 Å². The molecule has 18 heavy (non-hydrogen) atoms. The van der Waals surface area contributed by atoms with Gasteiger partial charge in [-0.1, -0.05) is 24.3 Å². The first-order valence-electron chi connectivity index (χ1n) is 5.79. The molecule has 0 radical (unpaired) electrons. The molecule has 1 atom stereocenters. The van der Waals surface area contributed by atoms with Crippen molar-refractivity contribution in [3.05, 3.63) is 54.1 Å². The van der Waals surface area contributed by atoms with Gasteiger partial charge in [-0.05, 0) is 36.8 Å². The highest BCUT2D eigenvalue weighted by molar-refractivity contribution is 7.80. The largest absolute Gasteiger partial charge is 0.493 e. The van der Waals surface area contributed by atoms with Crippen LogP contribution in [0.4, 0.5) is 0 Å². The SMILES string of the molecule is COc1ccccc1Oc1ccc(C(C)S)cc1. The van der Waals surface area contributed by atoms with Gasteiger partial charge in [0, 0.05) is 5.25 Å².